The van der Waals surface area contributed by atoms with Gasteiger partial charge in [0.2, 0.25) is 0 Å². The SMILES string of the molecule is CC1=C(C=Cc2cccc(C(=O)CCN)c2)C(C)(C)CCC1. The van der Waals surface area contributed by atoms with Gasteiger partial charge in [-0.25, -0.2) is 0 Å². The summed E-state index contributed by atoms with van der Waals surface area (Å²) in [6.45, 7) is 7.27. The second-order valence-electron chi connectivity index (χ2n) is 6.85. The summed E-state index contributed by atoms with van der Waals surface area (Å²) in [4.78, 5) is 11.9. The number of ketones is 1. The first-order chi connectivity index (χ1) is 10.4. The second kappa shape index (κ2) is 7.06. The number of benzene rings is 1. The molecule has 0 atom stereocenters. The van der Waals surface area contributed by atoms with Gasteiger partial charge in [0.05, 0.1) is 0 Å². The molecule has 0 saturated heterocycles. The average molecular weight is 297 g/mol. The molecule has 1 aromatic rings. The molecule has 0 aliphatic heterocycles. The number of nitrogens with two attached hydrogens (primary N) is 1. The fraction of sp³-hybridized carbons (Fsp3) is 0.450. The molecule has 0 saturated carbocycles. The fourth-order valence-electron chi connectivity index (χ4n) is 3.28. The van der Waals surface area contributed by atoms with Crippen molar-refractivity contribution in [2.24, 2.45) is 11.1 Å². The molecule has 118 valence electrons. The molecular formula is C20H27NO. The van der Waals surface area contributed by atoms with Gasteiger partial charge >= 0.3 is 0 Å². The normalized spacial score (nSPS) is 18.0. The van der Waals surface area contributed by atoms with Crippen molar-refractivity contribution in [1.82, 2.24) is 0 Å². The van der Waals surface area contributed by atoms with E-state index in [-0.39, 0.29) is 11.2 Å². The Morgan fingerprint density at radius 3 is 2.77 bits per heavy atom. The van der Waals surface area contributed by atoms with Gasteiger partial charge in [-0.05, 0) is 55.3 Å². The number of carbonyl (C=O) groups is 1. The third kappa shape index (κ3) is 3.95. The highest BCUT2D eigenvalue weighted by Gasteiger charge is 2.26. The van der Waals surface area contributed by atoms with E-state index in [4.69, 9.17) is 5.73 Å². The molecule has 0 bridgehead atoms. The van der Waals surface area contributed by atoms with Crippen molar-refractivity contribution in [2.45, 2.75) is 46.5 Å². The van der Waals surface area contributed by atoms with Crippen molar-refractivity contribution in [3.8, 4) is 0 Å². The van der Waals surface area contributed by atoms with Crippen LogP contribution in [0.1, 0.15) is 62.4 Å². The van der Waals surface area contributed by atoms with Gasteiger partial charge in [0, 0.05) is 12.0 Å². The first-order valence-electron chi connectivity index (χ1n) is 8.16. The van der Waals surface area contributed by atoms with Crippen LogP contribution in [0.5, 0.6) is 0 Å². The van der Waals surface area contributed by atoms with Crippen molar-refractivity contribution in [2.75, 3.05) is 6.54 Å². The van der Waals surface area contributed by atoms with Crippen LogP contribution in [0.15, 0.2) is 41.5 Å². The van der Waals surface area contributed by atoms with Gasteiger partial charge in [0.25, 0.3) is 0 Å². The lowest BCUT2D eigenvalue weighted by Crippen LogP contribution is -2.18. The Morgan fingerprint density at radius 2 is 2.09 bits per heavy atom. The van der Waals surface area contributed by atoms with Crippen molar-refractivity contribution in [3.05, 3.63) is 52.6 Å². The predicted molar refractivity (Wildman–Crippen MR) is 93.8 cm³/mol. The first-order valence-corrected chi connectivity index (χ1v) is 8.16. The van der Waals surface area contributed by atoms with Gasteiger partial charge in [0.1, 0.15) is 0 Å². The molecule has 0 unspecified atom stereocenters. The van der Waals surface area contributed by atoms with Crippen LogP contribution in [0.4, 0.5) is 0 Å². The van der Waals surface area contributed by atoms with Crippen molar-refractivity contribution >= 4 is 11.9 Å². The minimum absolute atomic E-state index is 0.117. The molecule has 1 aliphatic rings. The highest BCUT2D eigenvalue weighted by atomic mass is 16.1. The molecule has 0 radical (unpaired) electrons. The monoisotopic (exact) mass is 297 g/mol. The number of carbonyl (C=O) groups excluding carboxylic acids is 1. The van der Waals surface area contributed by atoms with E-state index in [0.29, 0.717) is 13.0 Å². The van der Waals surface area contributed by atoms with Crippen molar-refractivity contribution < 1.29 is 4.79 Å². The standard InChI is InChI=1S/C20H27NO/c1-15-6-5-12-20(2,3)18(15)10-9-16-7-4-8-17(14-16)19(22)11-13-21/h4,7-10,14H,5-6,11-13,21H2,1-3H3. The van der Waals surface area contributed by atoms with E-state index in [0.717, 1.165) is 11.1 Å². The Labute approximate surface area is 134 Å². The van der Waals surface area contributed by atoms with E-state index in [9.17, 15) is 4.79 Å². The molecule has 2 nitrogen and oxygen atoms in total. The van der Waals surface area contributed by atoms with Crippen LogP contribution in [0, 0.1) is 5.41 Å². The summed E-state index contributed by atoms with van der Waals surface area (Å²) in [5, 5.41) is 0. The zero-order valence-corrected chi connectivity index (χ0v) is 14.0. The van der Waals surface area contributed by atoms with Gasteiger partial charge in [-0.3, -0.25) is 4.79 Å². The van der Waals surface area contributed by atoms with Gasteiger partial charge in [-0.1, -0.05) is 49.8 Å². The number of hydrogen-bond donors (Lipinski definition) is 1. The second-order valence-corrected chi connectivity index (χ2v) is 6.85. The summed E-state index contributed by atoms with van der Waals surface area (Å²) in [5.74, 6) is 0.117. The number of hydrogen-bond acceptors (Lipinski definition) is 2. The van der Waals surface area contributed by atoms with E-state index >= 15 is 0 Å². The molecule has 0 fully saturated rings. The van der Waals surface area contributed by atoms with Crippen LogP contribution in [-0.4, -0.2) is 12.3 Å². The maximum atomic E-state index is 11.9. The molecule has 0 heterocycles. The van der Waals surface area contributed by atoms with Gasteiger partial charge in [-0.15, -0.1) is 0 Å². The van der Waals surface area contributed by atoms with E-state index < -0.39 is 0 Å². The minimum Gasteiger partial charge on any atom is -0.330 e. The van der Waals surface area contributed by atoms with Gasteiger partial charge < -0.3 is 5.73 Å². The molecule has 0 spiro atoms. The van der Waals surface area contributed by atoms with E-state index in [2.05, 4.69) is 32.9 Å². The van der Waals surface area contributed by atoms with Crippen LogP contribution in [-0.2, 0) is 0 Å². The summed E-state index contributed by atoms with van der Waals surface area (Å²) in [6.07, 6.45) is 8.48. The Bertz CT molecular complexity index is 608. The summed E-state index contributed by atoms with van der Waals surface area (Å²) >= 11 is 0. The molecule has 2 N–H and O–H groups in total. The summed E-state index contributed by atoms with van der Waals surface area (Å²) in [6, 6.07) is 7.81. The van der Waals surface area contributed by atoms with Crippen molar-refractivity contribution in [1.29, 1.82) is 0 Å². The smallest absolute Gasteiger partial charge is 0.164 e. The van der Waals surface area contributed by atoms with Gasteiger partial charge in [-0.2, -0.15) is 0 Å². The largest absolute Gasteiger partial charge is 0.330 e. The van der Waals surface area contributed by atoms with Gasteiger partial charge in [0.15, 0.2) is 5.78 Å². The lowest BCUT2D eigenvalue weighted by atomic mass is 9.72. The van der Waals surface area contributed by atoms with Crippen LogP contribution in [0.2, 0.25) is 0 Å². The molecule has 0 aromatic heterocycles. The quantitative estimate of drug-likeness (QED) is 0.796. The highest BCUT2D eigenvalue weighted by Crippen LogP contribution is 2.40. The Hall–Kier alpha value is -1.67. The maximum absolute atomic E-state index is 11.9. The third-order valence-corrected chi connectivity index (χ3v) is 4.56. The molecule has 22 heavy (non-hydrogen) atoms. The number of rotatable bonds is 5. The molecule has 1 aromatic carbocycles. The lowest BCUT2D eigenvalue weighted by Gasteiger charge is -2.32. The van der Waals surface area contributed by atoms with Crippen molar-refractivity contribution in [3.63, 3.8) is 0 Å². The van der Waals surface area contributed by atoms with Crippen LogP contribution in [0.3, 0.4) is 0 Å². The molecule has 0 amide bonds. The van der Waals surface area contributed by atoms with E-state index in [1.165, 1.54) is 30.4 Å². The third-order valence-electron chi connectivity index (χ3n) is 4.56. The van der Waals surface area contributed by atoms with E-state index in [1.807, 2.05) is 24.3 Å². The zero-order chi connectivity index (χ0) is 16.2. The number of allylic oxidation sites excluding steroid dienone is 3. The lowest BCUT2D eigenvalue weighted by molar-refractivity contribution is 0.0985. The Morgan fingerprint density at radius 1 is 1.32 bits per heavy atom. The van der Waals surface area contributed by atoms with Crippen LogP contribution < -0.4 is 5.73 Å². The van der Waals surface area contributed by atoms with Crippen LogP contribution >= 0.6 is 0 Å². The minimum atomic E-state index is 0.117. The zero-order valence-electron chi connectivity index (χ0n) is 14.0. The molecule has 2 rings (SSSR count). The molecular weight excluding hydrogens is 270 g/mol. The average Bonchev–Trinajstić information content (AvgIpc) is 2.46. The summed E-state index contributed by atoms with van der Waals surface area (Å²) in [5.41, 5.74) is 10.5. The topological polar surface area (TPSA) is 43.1 Å². The fourth-order valence-corrected chi connectivity index (χ4v) is 3.28. The first kappa shape index (κ1) is 16.7. The highest BCUT2D eigenvalue weighted by molar-refractivity contribution is 5.96. The number of Topliss-reactive ketones (excluding diaryl/α,β-unsaturated/α-hetero) is 1. The maximum Gasteiger partial charge on any atom is 0.164 e. The van der Waals surface area contributed by atoms with E-state index in [1.54, 1.807) is 0 Å². The van der Waals surface area contributed by atoms with Crippen LogP contribution in [0.25, 0.3) is 6.08 Å². The Kier molecular flexibility index (Phi) is 5.36. The molecule has 2 heteroatoms. The molecule has 1 aliphatic carbocycles. The summed E-state index contributed by atoms with van der Waals surface area (Å²) < 4.78 is 0. The summed E-state index contributed by atoms with van der Waals surface area (Å²) in [7, 11) is 0. The predicted octanol–water partition coefficient (Wildman–Crippen LogP) is 4.76. The Balaban J connectivity index is 2.23.